The molecule has 0 aliphatic carbocycles. The molecule has 112 valence electrons. The lowest BCUT2D eigenvalue weighted by Crippen LogP contribution is -2.29. The van der Waals surface area contributed by atoms with E-state index in [1.54, 1.807) is 23.9 Å². The van der Waals surface area contributed by atoms with Crippen LogP contribution in [0, 0.1) is 0 Å². The quantitative estimate of drug-likeness (QED) is 0.808. The molecule has 0 aliphatic heterocycles. The van der Waals surface area contributed by atoms with Gasteiger partial charge in [-0.15, -0.1) is 0 Å². The van der Waals surface area contributed by atoms with Gasteiger partial charge in [0.25, 0.3) is 0 Å². The van der Waals surface area contributed by atoms with Crippen LogP contribution in [0.4, 0.5) is 0 Å². The zero-order chi connectivity index (χ0) is 15.2. The van der Waals surface area contributed by atoms with Crippen LogP contribution in [0.25, 0.3) is 10.9 Å². The van der Waals surface area contributed by atoms with Crippen molar-refractivity contribution in [3.63, 3.8) is 0 Å². The van der Waals surface area contributed by atoms with Gasteiger partial charge in [-0.05, 0) is 24.6 Å². The van der Waals surface area contributed by atoms with Gasteiger partial charge in [-0.3, -0.25) is 9.59 Å². The standard InChI is InChI=1S/C15H17BrN2O3/c1-21-8-2-6-17-15(20)10-18-7-5-14(19)12-9-11(16)3-4-13(12)18/h3-5,7,9H,2,6,8,10H2,1H3,(H,17,20). The Balaban J connectivity index is 2.14. The lowest BCUT2D eigenvalue weighted by molar-refractivity contribution is -0.121. The molecule has 1 aromatic heterocycles. The molecular formula is C15H17BrN2O3. The van der Waals surface area contributed by atoms with Crippen LogP contribution in [-0.2, 0) is 16.1 Å². The van der Waals surface area contributed by atoms with Crippen molar-refractivity contribution in [2.45, 2.75) is 13.0 Å². The molecule has 1 heterocycles. The number of aromatic nitrogens is 1. The van der Waals surface area contributed by atoms with Crippen molar-refractivity contribution in [3.05, 3.63) is 45.2 Å². The summed E-state index contributed by atoms with van der Waals surface area (Å²) in [6.07, 6.45) is 2.42. The summed E-state index contributed by atoms with van der Waals surface area (Å²) in [4.78, 5) is 23.8. The highest BCUT2D eigenvalue weighted by atomic mass is 79.9. The third-order valence-electron chi connectivity index (χ3n) is 3.10. The molecule has 2 aromatic rings. The Morgan fingerprint density at radius 3 is 2.95 bits per heavy atom. The van der Waals surface area contributed by atoms with Crippen LogP contribution in [0.2, 0.25) is 0 Å². The van der Waals surface area contributed by atoms with Gasteiger partial charge in [-0.2, -0.15) is 0 Å². The van der Waals surface area contributed by atoms with Crippen molar-refractivity contribution < 1.29 is 9.53 Å². The summed E-state index contributed by atoms with van der Waals surface area (Å²) in [7, 11) is 1.63. The van der Waals surface area contributed by atoms with E-state index < -0.39 is 0 Å². The van der Waals surface area contributed by atoms with Gasteiger partial charge in [0.05, 0.1) is 5.52 Å². The average Bonchev–Trinajstić information content (AvgIpc) is 2.47. The Kier molecular flexibility index (Phi) is 5.52. The van der Waals surface area contributed by atoms with Gasteiger partial charge in [0.15, 0.2) is 5.43 Å². The fourth-order valence-corrected chi connectivity index (χ4v) is 2.44. The van der Waals surface area contributed by atoms with Crippen LogP contribution in [0.1, 0.15) is 6.42 Å². The van der Waals surface area contributed by atoms with Crippen molar-refractivity contribution >= 4 is 32.7 Å². The number of halogens is 1. The van der Waals surface area contributed by atoms with Crippen LogP contribution < -0.4 is 10.7 Å². The molecule has 0 saturated heterocycles. The molecule has 0 unspecified atom stereocenters. The van der Waals surface area contributed by atoms with Crippen molar-refractivity contribution in [3.8, 4) is 0 Å². The normalized spacial score (nSPS) is 10.8. The maximum Gasteiger partial charge on any atom is 0.239 e. The number of hydrogen-bond donors (Lipinski definition) is 1. The highest BCUT2D eigenvalue weighted by Gasteiger charge is 2.07. The van der Waals surface area contributed by atoms with Crippen molar-refractivity contribution in [1.82, 2.24) is 9.88 Å². The number of fused-ring (bicyclic) bond motifs is 1. The lowest BCUT2D eigenvalue weighted by Gasteiger charge is -2.11. The molecule has 21 heavy (non-hydrogen) atoms. The smallest absolute Gasteiger partial charge is 0.239 e. The van der Waals surface area contributed by atoms with Crippen LogP contribution in [-0.4, -0.2) is 30.7 Å². The molecule has 0 fully saturated rings. The molecule has 0 atom stereocenters. The summed E-state index contributed by atoms with van der Waals surface area (Å²) >= 11 is 3.35. The van der Waals surface area contributed by atoms with Crippen molar-refractivity contribution in [2.75, 3.05) is 20.3 Å². The SMILES string of the molecule is COCCCNC(=O)Cn1ccc(=O)c2cc(Br)ccc21. The first-order valence-electron chi connectivity index (χ1n) is 6.66. The number of carbonyl (C=O) groups excluding carboxylic acids is 1. The Morgan fingerprint density at radius 2 is 2.19 bits per heavy atom. The third-order valence-corrected chi connectivity index (χ3v) is 3.59. The van der Waals surface area contributed by atoms with E-state index in [1.165, 1.54) is 6.07 Å². The molecule has 1 amide bonds. The van der Waals surface area contributed by atoms with Crippen LogP contribution in [0.15, 0.2) is 39.7 Å². The van der Waals surface area contributed by atoms with Gasteiger partial charge < -0.3 is 14.6 Å². The number of amides is 1. The number of methoxy groups -OCH3 is 1. The summed E-state index contributed by atoms with van der Waals surface area (Å²) in [5.41, 5.74) is 0.695. The van der Waals surface area contributed by atoms with E-state index in [4.69, 9.17) is 4.74 Å². The van der Waals surface area contributed by atoms with Gasteiger partial charge in [-0.1, -0.05) is 15.9 Å². The van der Waals surface area contributed by atoms with Gasteiger partial charge in [0, 0.05) is 42.4 Å². The Hall–Kier alpha value is -1.66. The van der Waals surface area contributed by atoms with E-state index in [9.17, 15) is 9.59 Å². The van der Waals surface area contributed by atoms with Gasteiger partial charge in [-0.25, -0.2) is 0 Å². The summed E-state index contributed by atoms with van der Waals surface area (Å²) in [5, 5.41) is 3.43. The first kappa shape index (κ1) is 15.7. The predicted molar refractivity (Wildman–Crippen MR) is 85.4 cm³/mol. The summed E-state index contributed by atoms with van der Waals surface area (Å²) in [6, 6.07) is 6.94. The summed E-state index contributed by atoms with van der Waals surface area (Å²) < 4.78 is 7.54. The monoisotopic (exact) mass is 352 g/mol. The first-order valence-corrected chi connectivity index (χ1v) is 7.45. The highest BCUT2D eigenvalue weighted by Crippen LogP contribution is 2.16. The minimum atomic E-state index is -0.0843. The number of rotatable bonds is 6. The topological polar surface area (TPSA) is 60.3 Å². The molecule has 1 aromatic carbocycles. The highest BCUT2D eigenvalue weighted by molar-refractivity contribution is 9.10. The van der Waals surface area contributed by atoms with E-state index >= 15 is 0 Å². The van der Waals surface area contributed by atoms with E-state index in [-0.39, 0.29) is 17.9 Å². The number of pyridine rings is 1. The molecule has 0 radical (unpaired) electrons. The minimum Gasteiger partial charge on any atom is -0.385 e. The molecule has 5 nitrogen and oxygen atoms in total. The van der Waals surface area contributed by atoms with Gasteiger partial charge >= 0.3 is 0 Å². The molecule has 1 N–H and O–H groups in total. The van der Waals surface area contributed by atoms with E-state index in [2.05, 4.69) is 21.2 Å². The molecule has 0 bridgehead atoms. The Bertz CT molecular complexity index is 697. The minimum absolute atomic E-state index is 0.0527. The first-order chi connectivity index (χ1) is 10.1. The van der Waals surface area contributed by atoms with Crippen molar-refractivity contribution in [2.24, 2.45) is 0 Å². The number of nitrogens with one attached hydrogen (secondary N) is 1. The second-order valence-electron chi connectivity index (χ2n) is 4.67. The average molecular weight is 353 g/mol. The number of benzene rings is 1. The number of hydrogen-bond acceptors (Lipinski definition) is 3. The van der Waals surface area contributed by atoms with Gasteiger partial charge in [0.1, 0.15) is 6.54 Å². The van der Waals surface area contributed by atoms with Gasteiger partial charge in [0.2, 0.25) is 5.91 Å². The summed E-state index contributed by atoms with van der Waals surface area (Å²) in [6.45, 7) is 1.39. The molecule has 0 spiro atoms. The number of ether oxygens (including phenoxy) is 1. The zero-order valence-electron chi connectivity index (χ0n) is 11.8. The lowest BCUT2D eigenvalue weighted by atomic mass is 10.2. The fourth-order valence-electron chi connectivity index (χ4n) is 2.08. The molecule has 0 saturated carbocycles. The predicted octanol–water partition coefficient (Wildman–Crippen LogP) is 1.92. The van der Waals surface area contributed by atoms with Crippen LogP contribution >= 0.6 is 15.9 Å². The van der Waals surface area contributed by atoms with E-state index in [0.29, 0.717) is 18.5 Å². The molecular weight excluding hydrogens is 336 g/mol. The maximum absolute atomic E-state index is 11.9. The molecule has 6 heteroatoms. The largest absolute Gasteiger partial charge is 0.385 e. The van der Waals surface area contributed by atoms with E-state index in [1.807, 2.05) is 12.1 Å². The molecule has 0 aliphatic rings. The van der Waals surface area contributed by atoms with E-state index in [0.717, 1.165) is 16.4 Å². The Labute approximate surface area is 131 Å². The van der Waals surface area contributed by atoms with Crippen molar-refractivity contribution in [1.29, 1.82) is 0 Å². The van der Waals surface area contributed by atoms with Crippen LogP contribution in [0.5, 0.6) is 0 Å². The Morgan fingerprint density at radius 1 is 1.38 bits per heavy atom. The second-order valence-corrected chi connectivity index (χ2v) is 5.58. The fraction of sp³-hybridized carbons (Fsp3) is 0.333. The summed E-state index contributed by atoms with van der Waals surface area (Å²) in [5.74, 6) is -0.0843. The number of nitrogens with zero attached hydrogens (tertiary/aromatic N) is 1. The maximum atomic E-state index is 11.9. The zero-order valence-corrected chi connectivity index (χ0v) is 13.4. The number of carbonyl (C=O) groups is 1. The molecule has 2 rings (SSSR count). The second kappa shape index (κ2) is 7.38. The van der Waals surface area contributed by atoms with Crippen LogP contribution in [0.3, 0.4) is 0 Å². The third kappa shape index (κ3) is 4.15.